The molecule has 4 nitrogen and oxygen atoms in total. The smallest absolute Gasteiger partial charge is 0.339 e. The number of rotatable bonds is 1. The third kappa shape index (κ3) is 1.16. The Labute approximate surface area is 80.1 Å². The number of cyclic esters (lactones) is 1. The van der Waals surface area contributed by atoms with Crippen LogP contribution in [0.1, 0.15) is 39.3 Å². The van der Waals surface area contributed by atoms with Crippen LogP contribution in [0.15, 0.2) is 18.2 Å². The van der Waals surface area contributed by atoms with Crippen LogP contribution in [0.3, 0.4) is 0 Å². The summed E-state index contributed by atoms with van der Waals surface area (Å²) in [6.45, 7) is 1.72. The number of carboxylic acid groups (broad SMARTS) is 1. The van der Waals surface area contributed by atoms with Crippen LogP contribution in [0.4, 0.5) is 0 Å². The highest BCUT2D eigenvalue weighted by atomic mass is 16.5. The molecule has 1 aliphatic heterocycles. The van der Waals surface area contributed by atoms with E-state index in [0.717, 1.165) is 0 Å². The summed E-state index contributed by atoms with van der Waals surface area (Å²) in [5, 5.41) is 8.74. The van der Waals surface area contributed by atoms with Crippen molar-refractivity contribution < 1.29 is 19.4 Å². The predicted octanol–water partition coefficient (Wildman–Crippen LogP) is 1.62. The Hall–Kier alpha value is -1.84. The fraction of sp³-hybridized carbons (Fsp3) is 0.200. The van der Waals surface area contributed by atoms with E-state index in [4.69, 9.17) is 9.84 Å². The maximum Gasteiger partial charge on any atom is 0.339 e. The summed E-state index contributed by atoms with van der Waals surface area (Å²) in [7, 11) is 0. The molecule has 72 valence electrons. The van der Waals surface area contributed by atoms with Gasteiger partial charge < -0.3 is 9.84 Å². The van der Waals surface area contributed by atoms with Crippen molar-refractivity contribution in [2.45, 2.75) is 13.0 Å². The number of ether oxygens (including phenoxy) is 1. The molecule has 0 saturated heterocycles. The van der Waals surface area contributed by atoms with E-state index in [0.29, 0.717) is 11.1 Å². The first-order valence-corrected chi connectivity index (χ1v) is 4.18. The first-order chi connectivity index (χ1) is 6.59. The van der Waals surface area contributed by atoms with Crippen molar-refractivity contribution >= 4 is 11.9 Å². The molecule has 0 fully saturated rings. The van der Waals surface area contributed by atoms with E-state index in [1.54, 1.807) is 6.92 Å². The lowest BCUT2D eigenvalue weighted by atomic mass is 10.0. The first kappa shape index (κ1) is 8.74. The average Bonchev–Trinajstić information content (AvgIpc) is 2.42. The van der Waals surface area contributed by atoms with Gasteiger partial charge >= 0.3 is 11.9 Å². The Morgan fingerprint density at radius 1 is 1.50 bits per heavy atom. The van der Waals surface area contributed by atoms with E-state index in [1.165, 1.54) is 18.2 Å². The molecule has 1 heterocycles. The normalized spacial score (nSPS) is 18.9. The molecule has 0 saturated carbocycles. The number of carbonyl (C=O) groups is 2. The third-order valence-corrected chi connectivity index (χ3v) is 2.24. The summed E-state index contributed by atoms with van der Waals surface area (Å²) in [5.41, 5.74) is 1.28. The maximum absolute atomic E-state index is 11.2. The Kier molecular flexibility index (Phi) is 1.77. The van der Waals surface area contributed by atoms with Gasteiger partial charge in [0, 0.05) is 5.56 Å². The van der Waals surface area contributed by atoms with Crippen molar-refractivity contribution in [3.05, 3.63) is 34.9 Å². The predicted molar refractivity (Wildman–Crippen MR) is 47.2 cm³/mol. The topological polar surface area (TPSA) is 63.6 Å². The van der Waals surface area contributed by atoms with Crippen LogP contribution < -0.4 is 0 Å². The first-order valence-electron chi connectivity index (χ1n) is 4.18. The van der Waals surface area contributed by atoms with Crippen LogP contribution in [0.2, 0.25) is 0 Å². The molecule has 14 heavy (non-hydrogen) atoms. The van der Waals surface area contributed by atoms with E-state index in [2.05, 4.69) is 0 Å². The number of carboxylic acids is 1. The molecule has 0 aliphatic carbocycles. The van der Waals surface area contributed by atoms with Crippen molar-refractivity contribution in [2.75, 3.05) is 0 Å². The van der Waals surface area contributed by atoms with Crippen LogP contribution in [-0.2, 0) is 4.74 Å². The number of fused-ring (bicyclic) bond motifs is 1. The Bertz CT molecular complexity index is 422. The number of hydrogen-bond donors (Lipinski definition) is 1. The summed E-state index contributed by atoms with van der Waals surface area (Å²) in [5.74, 6) is -1.39. The van der Waals surface area contributed by atoms with Gasteiger partial charge in [-0.15, -0.1) is 0 Å². The van der Waals surface area contributed by atoms with Crippen molar-refractivity contribution in [3.63, 3.8) is 0 Å². The molecule has 4 heteroatoms. The summed E-state index contributed by atoms with van der Waals surface area (Å²) in [4.78, 5) is 21.9. The van der Waals surface area contributed by atoms with Gasteiger partial charge in [0.2, 0.25) is 0 Å². The van der Waals surface area contributed by atoms with Crippen molar-refractivity contribution in [2.24, 2.45) is 0 Å². The summed E-state index contributed by atoms with van der Waals surface area (Å²) in [6, 6.07) is 4.37. The van der Waals surface area contributed by atoms with Crippen LogP contribution in [0.5, 0.6) is 0 Å². The van der Waals surface area contributed by atoms with Gasteiger partial charge in [0.15, 0.2) is 0 Å². The van der Waals surface area contributed by atoms with Gasteiger partial charge in [0.25, 0.3) is 0 Å². The number of benzene rings is 1. The molecule has 0 aromatic heterocycles. The number of carbonyl (C=O) groups excluding carboxylic acids is 1. The lowest BCUT2D eigenvalue weighted by molar-refractivity contribution is 0.0422. The molecule has 1 atom stereocenters. The molecule has 0 amide bonds. The van der Waals surface area contributed by atoms with Crippen molar-refractivity contribution in [3.8, 4) is 0 Å². The van der Waals surface area contributed by atoms with Crippen LogP contribution >= 0.6 is 0 Å². The van der Waals surface area contributed by atoms with Gasteiger partial charge in [0.05, 0.1) is 11.1 Å². The SMILES string of the molecule is CC1OC(=O)c2ccc(C(=O)O)cc21. The van der Waals surface area contributed by atoms with Crippen LogP contribution in [0.25, 0.3) is 0 Å². The largest absolute Gasteiger partial charge is 0.478 e. The van der Waals surface area contributed by atoms with Gasteiger partial charge in [-0.1, -0.05) is 0 Å². The van der Waals surface area contributed by atoms with E-state index < -0.39 is 5.97 Å². The van der Waals surface area contributed by atoms with E-state index >= 15 is 0 Å². The second kappa shape index (κ2) is 2.83. The lowest BCUT2D eigenvalue weighted by Gasteiger charge is -2.02. The molecular formula is C10H8O4. The minimum Gasteiger partial charge on any atom is -0.478 e. The van der Waals surface area contributed by atoms with Crippen LogP contribution in [-0.4, -0.2) is 17.0 Å². The van der Waals surface area contributed by atoms with Crippen molar-refractivity contribution in [1.82, 2.24) is 0 Å². The third-order valence-electron chi connectivity index (χ3n) is 2.24. The molecule has 1 aliphatic rings. The summed E-state index contributed by atoms with van der Waals surface area (Å²) >= 11 is 0. The second-order valence-corrected chi connectivity index (χ2v) is 3.15. The van der Waals surface area contributed by atoms with Gasteiger partial charge in [-0.05, 0) is 25.1 Å². The Morgan fingerprint density at radius 2 is 2.21 bits per heavy atom. The van der Waals surface area contributed by atoms with E-state index in [-0.39, 0.29) is 17.6 Å². The molecule has 1 unspecified atom stereocenters. The average molecular weight is 192 g/mol. The highest BCUT2D eigenvalue weighted by Gasteiger charge is 2.28. The Morgan fingerprint density at radius 3 is 2.86 bits per heavy atom. The number of hydrogen-bond acceptors (Lipinski definition) is 3. The lowest BCUT2D eigenvalue weighted by Crippen LogP contribution is -1.99. The molecule has 1 N–H and O–H groups in total. The quantitative estimate of drug-likeness (QED) is 0.686. The second-order valence-electron chi connectivity index (χ2n) is 3.15. The fourth-order valence-corrected chi connectivity index (χ4v) is 1.51. The molecule has 0 spiro atoms. The molecule has 0 bridgehead atoms. The highest BCUT2D eigenvalue weighted by molar-refractivity contribution is 5.96. The van der Waals surface area contributed by atoms with E-state index in [9.17, 15) is 9.59 Å². The zero-order chi connectivity index (χ0) is 10.3. The molecule has 2 rings (SSSR count). The fourth-order valence-electron chi connectivity index (χ4n) is 1.51. The minimum absolute atomic E-state index is 0.175. The van der Waals surface area contributed by atoms with Gasteiger partial charge in [-0.25, -0.2) is 9.59 Å². The van der Waals surface area contributed by atoms with E-state index in [1.807, 2.05) is 0 Å². The van der Waals surface area contributed by atoms with Gasteiger partial charge in [-0.3, -0.25) is 0 Å². The summed E-state index contributed by atoms with van der Waals surface area (Å²) < 4.78 is 4.93. The van der Waals surface area contributed by atoms with Crippen molar-refractivity contribution in [1.29, 1.82) is 0 Å². The summed E-state index contributed by atoms with van der Waals surface area (Å²) in [6.07, 6.45) is -0.350. The maximum atomic E-state index is 11.2. The standard InChI is InChI=1S/C10H8O4/c1-5-8-4-6(9(11)12)2-3-7(8)10(13)14-5/h2-5H,1H3,(H,11,12). The zero-order valence-electron chi connectivity index (χ0n) is 7.48. The zero-order valence-corrected chi connectivity index (χ0v) is 7.48. The van der Waals surface area contributed by atoms with Gasteiger partial charge in [-0.2, -0.15) is 0 Å². The highest BCUT2D eigenvalue weighted by Crippen LogP contribution is 2.30. The molecule has 1 aromatic rings. The molecule has 1 aromatic carbocycles. The molecular weight excluding hydrogens is 184 g/mol. The molecule has 0 radical (unpaired) electrons. The minimum atomic E-state index is -1.00. The number of aromatic carboxylic acids is 1. The number of esters is 1. The monoisotopic (exact) mass is 192 g/mol. The van der Waals surface area contributed by atoms with Gasteiger partial charge in [0.1, 0.15) is 6.10 Å². The Balaban J connectivity index is 2.55. The van der Waals surface area contributed by atoms with Crippen LogP contribution in [0, 0.1) is 0 Å².